The summed E-state index contributed by atoms with van der Waals surface area (Å²) in [7, 11) is 0. The lowest BCUT2D eigenvalue weighted by Crippen LogP contribution is -2.29. The summed E-state index contributed by atoms with van der Waals surface area (Å²) in [5.41, 5.74) is 6.98. The third-order valence-electron chi connectivity index (χ3n) is 3.96. The number of carbonyl (C=O) groups excluding carboxylic acids is 1. The second-order valence-electron chi connectivity index (χ2n) is 5.60. The Morgan fingerprint density at radius 2 is 2.25 bits per heavy atom. The molecule has 0 spiro atoms. The molecule has 0 atom stereocenters. The molecule has 1 saturated heterocycles. The molecule has 0 unspecified atom stereocenters. The Balaban J connectivity index is 0. The van der Waals surface area contributed by atoms with Gasteiger partial charge in [-0.2, -0.15) is 0 Å². The van der Waals surface area contributed by atoms with E-state index < -0.39 is 0 Å². The van der Waals surface area contributed by atoms with E-state index in [-0.39, 0.29) is 22.9 Å². The first-order chi connectivity index (χ1) is 11.7. The van der Waals surface area contributed by atoms with Gasteiger partial charge in [0.05, 0.1) is 5.56 Å². The van der Waals surface area contributed by atoms with E-state index in [1.165, 1.54) is 6.20 Å². The summed E-state index contributed by atoms with van der Waals surface area (Å²) in [4.78, 5) is 23.4. The maximum absolute atomic E-state index is 12.8. The van der Waals surface area contributed by atoms with E-state index in [1.807, 2.05) is 12.1 Å². The van der Waals surface area contributed by atoms with Gasteiger partial charge in [0.2, 0.25) is 5.78 Å². The monoisotopic (exact) mass is 329 g/mol. The lowest BCUT2D eigenvalue weighted by molar-refractivity contribution is 0.103. The highest BCUT2D eigenvalue weighted by atomic mass is 16.1. The van der Waals surface area contributed by atoms with Gasteiger partial charge in [0, 0.05) is 37.1 Å². The van der Waals surface area contributed by atoms with Gasteiger partial charge in [-0.15, -0.1) is 6.42 Å². The first-order valence-electron chi connectivity index (χ1n) is 7.88. The predicted molar refractivity (Wildman–Crippen MR) is 102 cm³/mol. The van der Waals surface area contributed by atoms with Crippen LogP contribution in [0.3, 0.4) is 0 Å². The van der Waals surface area contributed by atoms with Crippen molar-refractivity contribution in [3.8, 4) is 12.3 Å². The Morgan fingerprint density at radius 1 is 1.38 bits per heavy atom. The van der Waals surface area contributed by atoms with Crippen molar-refractivity contribution in [1.29, 1.82) is 0 Å². The Hall–Kier alpha value is -2.91. The molecule has 6 nitrogen and oxygen atoms in total. The molecule has 6 heteroatoms. The first kappa shape index (κ1) is 16.0. The molecular weight excluding hydrogens is 302 g/mol. The molecule has 2 aromatic heterocycles. The van der Waals surface area contributed by atoms with Crippen LogP contribution in [-0.2, 0) is 0 Å². The van der Waals surface area contributed by atoms with E-state index in [1.54, 1.807) is 12.1 Å². The van der Waals surface area contributed by atoms with Crippen LogP contribution in [-0.4, -0.2) is 41.9 Å². The van der Waals surface area contributed by atoms with Gasteiger partial charge in [0.15, 0.2) is 0 Å². The Bertz CT molecular complexity index is 805. The molecular formula is C18H27N5O. The van der Waals surface area contributed by atoms with Crippen molar-refractivity contribution in [2.75, 3.05) is 36.8 Å². The summed E-state index contributed by atoms with van der Waals surface area (Å²) in [5, 5.41) is 3.35. The number of hydrogen-bond donors (Lipinski definition) is 2. The van der Waals surface area contributed by atoms with Crippen molar-refractivity contribution in [3.05, 3.63) is 47.3 Å². The van der Waals surface area contributed by atoms with E-state index in [2.05, 4.69) is 26.1 Å². The lowest BCUT2D eigenvalue weighted by Gasteiger charge is -2.21. The zero-order valence-corrected chi connectivity index (χ0v) is 13.3. The largest absolute Gasteiger partial charge is 0.383 e. The number of nitrogens with zero attached hydrogens (tertiary/aromatic N) is 3. The minimum atomic E-state index is -0.271. The molecule has 3 rings (SSSR count). The number of ketones is 1. The lowest BCUT2D eigenvalue weighted by atomic mass is 10.1. The number of pyridine rings is 2. The number of anilines is 2. The van der Waals surface area contributed by atoms with Crippen LogP contribution in [0, 0.1) is 12.3 Å². The van der Waals surface area contributed by atoms with Crippen molar-refractivity contribution in [2.45, 2.75) is 6.42 Å². The fourth-order valence-corrected chi connectivity index (χ4v) is 2.67. The van der Waals surface area contributed by atoms with Crippen molar-refractivity contribution >= 4 is 17.4 Å². The van der Waals surface area contributed by atoms with E-state index in [0.717, 1.165) is 38.4 Å². The molecule has 1 aliphatic rings. The average Bonchev–Trinajstić information content (AvgIpc) is 2.91. The van der Waals surface area contributed by atoms with Gasteiger partial charge in [-0.3, -0.25) is 4.79 Å². The molecule has 1 fully saturated rings. The Morgan fingerprint density at radius 3 is 3.08 bits per heavy atom. The Kier molecular flexibility index (Phi) is 4.73. The zero-order chi connectivity index (χ0) is 16.9. The van der Waals surface area contributed by atoms with Gasteiger partial charge >= 0.3 is 0 Å². The minimum Gasteiger partial charge on any atom is -0.383 e. The standard InChI is InChI=1S/C18H19N5O.4H2/c1-2-13-11-14(18(19)21-12-13)17(24)15-5-3-6-16(22-15)23-9-4-7-20-8-10-23;;;;/h1,3,5-6,11-12,20H,4,7-10H2,(H2,19,21);4*1H. The van der Waals surface area contributed by atoms with Gasteiger partial charge in [0.1, 0.15) is 17.3 Å². The molecule has 0 saturated carbocycles. The smallest absolute Gasteiger partial charge is 0.215 e. The van der Waals surface area contributed by atoms with Crippen LogP contribution in [0.25, 0.3) is 0 Å². The number of hydrogen-bond acceptors (Lipinski definition) is 6. The minimum absolute atomic E-state index is 0. The molecule has 1 aliphatic heterocycles. The molecule has 0 amide bonds. The van der Waals surface area contributed by atoms with E-state index in [9.17, 15) is 4.79 Å². The fraction of sp³-hybridized carbons (Fsp3) is 0.278. The number of rotatable bonds is 3. The van der Waals surface area contributed by atoms with Crippen molar-refractivity contribution in [3.63, 3.8) is 0 Å². The summed E-state index contributed by atoms with van der Waals surface area (Å²) < 4.78 is 0. The summed E-state index contributed by atoms with van der Waals surface area (Å²) in [5.74, 6) is 3.15. The third-order valence-corrected chi connectivity index (χ3v) is 3.96. The maximum Gasteiger partial charge on any atom is 0.215 e. The number of terminal acetylenes is 1. The molecule has 2 aromatic rings. The SMILES string of the molecule is C#Cc1cnc(N)c(C(=O)c2cccc(N3CCCNCC3)n2)c1.[HH].[HH].[HH].[HH]. The molecule has 0 aromatic carbocycles. The van der Waals surface area contributed by atoms with Gasteiger partial charge in [-0.25, -0.2) is 9.97 Å². The Labute approximate surface area is 147 Å². The summed E-state index contributed by atoms with van der Waals surface area (Å²) in [6.45, 7) is 3.67. The van der Waals surface area contributed by atoms with E-state index in [0.29, 0.717) is 11.3 Å². The third kappa shape index (κ3) is 3.36. The van der Waals surface area contributed by atoms with Crippen molar-refractivity contribution in [1.82, 2.24) is 15.3 Å². The molecule has 24 heavy (non-hydrogen) atoms. The van der Waals surface area contributed by atoms with Crippen LogP contribution in [0.5, 0.6) is 0 Å². The summed E-state index contributed by atoms with van der Waals surface area (Å²) in [6, 6.07) is 7.02. The van der Waals surface area contributed by atoms with Crippen molar-refractivity contribution in [2.24, 2.45) is 0 Å². The van der Waals surface area contributed by atoms with Crippen LogP contribution in [0.15, 0.2) is 30.5 Å². The van der Waals surface area contributed by atoms with Gasteiger partial charge in [-0.05, 0) is 31.2 Å². The van der Waals surface area contributed by atoms with Crippen LogP contribution in [0.4, 0.5) is 11.6 Å². The fourth-order valence-electron chi connectivity index (χ4n) is 2.67. The zero-order valence-electron chi connectivity index (χ0n) is 13.3. The van der Waals surface area contributed by atoms with Gasteiger partial charge in [-0.1, -0.05) is 12.0 Å². The number of aromatic nitrogens is 2. The topological polar surface area (TPSA) is 84.1 Å². The molecule has 0 radical (unpaired) electrons. The molecule has 0 bridgehead atoms. The molecule has 3 N–H and O–H groups in total. The number of nitrogens with two attached hydrogens (primary N) is 1. The normalized spacial score (nSPS) is 14.7. The van der Waals surface area contributed by atoms with E-state index in [4.69, 9.17) is 12.2 Å². The highest BCUT2D eigenvalue weighted by Gasteiger charge is 2.17. The summed E-state index contributed by atoms with van der Waals surface area (Å²) >= 11 is 0. The second-order valence-corrected chi connectivity index (χ2v) is 5.60. The summed E-state index contributed by atoms with van der Waals surface area (Å²) in [6.07, 6.45) is 7.89. The molecule has 130 valence electrons. The quantitative estimate of drug-likeness (QED) is 0.662. The molecule has 0 aliphatic carbocycles. The maximum atomic E-state index is 12.8. The van der Waals surface area contributed by atoms with Crippen LogP contribution < -0.4 is 16.0 Å². The number of carbonyl (C=O) groups is 1. The predicted octanol–water partition coefficient (Wildman–Crippen LogP) is 2.05. The first-order valence-corrected chi connectivity index (χ1v) is 7.88. The number of nitrogen functional groups attached to an aromatic ring is 1. The highest BCUT2D eigenvalue weighted by molar-refractivity contribution is 6.10. The number of nitrogens with one attached hydrogen (secondary N) is 1. The van der Waals surface area contributed by atoms with Gasteiger partial charge < -0.3 is 16.0 Å². The molecule has 3 heterocycles. The van der Waals surface area contributed by atoms with Crippen LogP contribution in [0.1, 0.15) is 33.7 Å². The average molecular weight is 329 g/mol. The second kappa shape index (κ2) is 7.11. The highest BCUT2D eigenvalue weighted by Crippen LogP contribution is 2.18. The van der Waals surface area contributed by atoms with Crippen molar-refractivity contribution < 1.29 is 10.5 Å². The van der Waals surface area contributed by atoms with Gasteiger partial charge in [0.25, 0.3) is 0 Å². The van der Waals surface area contributed by atoms with E-state index >= 15 is 0 Å². The van der Waals surface area contributed by atoms with Crippen LogP contribution in [0.2, 0.25) is 0 Å². The van der Waals surface area contributed by atoms with Crippen LogP contribution >= 0.6 is 0 Å².